The van der Waals surface area contributed by atoms with Crippen LogP contribution < -0.4 is 0 Å². The Morgan fingerprint density at radius 1 is 1.47 bits per heavy atom. The van der Waals surface area contributed by atoms with Crippen molar-refractivity contribution in [3.05, 3.63) is 0 Å². The van der Waals surface area contributed by atoms with Crippen molar-refractivity contribution >= 4 is 15.7 Å². The number of amides is 1. The first kappa shape index (κ1) is 14.0. The van der Waals surface area contributed by atoms with Gasteiger partial charge in [0.2, 0.25) is 5.91 Å². The lowest BCUT2D eigenvalue weighted by molar-refractivity contribution is -0.131. The number of nitriles is 1. The summed E-state index contributed by atoms with van der Waals surface area (Å²) in [5.74, 6) is -0.330. The van der Waals surface area contributed by atoms with Crippen LogP contribution in [0.5, 0.6) is 0 Å². The molecule has 1 atom stereocenters. The van der Waals surface area contributed by atoms with Crippen molar-refractivity contribution in [1.82, 2.24) is 4.90 Å². The van der Waals surface area contributed by atoms with Gasteiger partial charge in [0.1, 0.15) is 11.8 Å². The maximum absolute atomic E-state index is 12.1. The minimum absolute atomic E-state index is 0.0531. The first-order valence-corrected chi connectivity index (χ1v) is 7.50. The zero-order valence-electron chi connectivity index (χ0n) is 10.2. The van der Waals surface area contributed by atoms with Crippen LogP contribution in [0.1, 0.15) is 33.1 Å². The molecule has 0 spiro atoms. The van der Waals surface area contributed by atoms with Gasteiger partial charge >= 0.3 is 0 Å². The highest BCUT2D eigenvalue weighted by Crippen LogP contribution is 2.22. The number of sulfone groups is 1. The van der Waals surface area contributed by atoms with Gasteiger partial charge in [-0.2, -0.15) is 5.26 Å². The van der Waals surface area contributed by atoms with E-state index >= 15 is 0 Å². The number of rotatable bonds is 3. The van der Waals surface area contributed by atoms with E-state index in [9.17, 15) is 13.2 Å². The Labute approximate surface area is 102 Å². The summed E-state index contributed by atoms with van der Waals surface area (Å²) in [4.78, 5) is 13.5. The lowest BCUT2D eigenvalue weighted by atomic mass is 10.1. The van der Waals surface area contributed by atoms with Crippen molar-refractivity contribution in [1.29, 1.82) is 5.26 Å². The predicted molar refractivity (Wildman–Crippen MR) is 63.9 cm³/mol. The van der Waals surface area contributed by atoms with Crippen LogP contribution in [-0.2, 0) is 14.6 Å². The second-order valence-electron chi connectivity index (χ2n) is 4.57. The van der Waals surface area contributed by atoms with Gasteiger partial charge in [-0.15, -0.1) is 0 Å². The van der Waals surface area contributed by atoms with Gasteiger partial charge in [0.25, 0.3) is 0 Å². The molecule has 1 amide bonds. The molecule has 1 aliphatic heterocycles. The quantitative estimate of drug-likeness (QED) is 0.699. The van der Waals surface area contributed by atoms with Gasteiger partial charge in [-0.3, -0.25) is 4.79 Å². The molecule has 0 N–H and O–H groups in total. The molecule has 0 aliphatic carbocycles. The summed E-state index contributed by atoms with van der Waals surface area (Å²) in [6.45, 7) is 3.51. The summed E-state index contributed by atoms with van der Waals surface area (Å²) in [5.41, 5.74) is 0. The van der Waals surface area contributed by atoms with Crippen molar-refractivity contribution in [2.24, 2.45) is 0 Å². The minimum Gasteiger partial charge on any atom is -0.326 e. The molecule has 1 unspecified atom stereocenters. The van der Waals surface area contributed by atoms with Gasteiger partial charge in [-0.25, -0.2) is 8.42 Å². The third kappa shape index (κ3) is 3.19. The Balaban J connectivity index is 2.90. The third-order valence-corrected chi connectivity index (χ3v) is 5.16. The van der Waals surface area contributed by atoms with Crippen molar-refractivity contribution < 1.29 is 13.2 Å². The number of nitrogens with zero attached hydrogens (tertiary/aromatic N) is 2. The van der Waals surface area contributed by atoms with Gasteiger partial charge in [-0.1, -0.05) is 6.42 Å². The molecule has 1 fully saturated rings. The molecule has 0 aromatic carbocycles. The number of carbonyl (C=O) groups is 1. The zero-order chi connectivity index (χ0) is 13.1. The molecule has 0 bridgehead atoms. The molecule has 1 aliphatic rings. The van der Waals surface area contributed by atoms with Gasteiger partial charge in [0.15, 0.2) is 9.84 Å². The van der Waals surface area contributed by atoms with E-state index < -0.39 is 21.0 Å². The normalized spacial score (nSPS) is 23.1. The van der Waals surface area contributed by atoms with E-state index in [0.717, 1.165) is 6.42 Å². The van der Waals surface area contributed by atoms with Crippen LogP contribution in [-0.4, -0.2) is 42.8 Å². The monoisotopic (exact) mass is 258 g/mol. The van der Waals surface area contributed by atoms with Crippen molar-refractivity contribution in [3.8, 4) is 6.07 Å². The Bertz CT molecular complexity index is 422. The molecule has 0 aromatic heterocycles. The molecule has 0 aromatic rings. The van der Waals surface area contributed by atoms with Crippen molar-refractivity contribution in [2.75, 3.05) is 12.3 Å². The highest BCUT2D eigenvalue weighted by Gasteiger charge is 2.37. The maximum Gasteiger partial charge on any atom is 0.241 e. The van der Waals surface area contributed by atoms with Crippen LogP contribution in [0.4, 0.5) is 0 Å². The topological polar surface area (TPSA) is 78.2 Å². The molecule has 1 heterocycles. The Kier molecular flexibility index (Phi) is 4.52. The lowest BCUT2D eigenvalue weighted by Crippen LogP contribution is -2.48. The van der Waals surface area contributed by atoms with Gasteiger partial charge < -0.3 is 4.90 Å². The van der Waals surface area contributed by atoms with Crippen LogP contribution in [0.15, 0.2) is 0 Å². The molecule has 17 heavy (non-hydrogen) atoms. The molecule has 1 rings (SSSR count). The fraction of sp³-hybridized carbons (Fsp3) is 0.818. The second-order valence-corrected chi connectivity index (χ2v) is 6.87. The van der Waals surface area contributed by atoms with E-state index in [0.29, 0.717) is 12.8 Å². The van der Waals surface area contributed by atoms with Crippen LogP contribution >= 0.6 is 0 Å². The van der Waals surface area contributed by atoms with E-state index in [2.05, 4.69) is 0 Å². The van der Waals surface area contributed by atoms with Gasteiger partial charge in [0.05, 0.1) is 11.8 Å². The molecular formula is C11H18N2O3S. The summed E-state index contributed by atoms with van der Waals surface area (Å²) in [6, 6.07) is 1.75. The van der Waals surface area contributed by atoms with Crippen molar-refractivity contribution in [3.63, 3.8) is 0 Å². The third-order valence-electron chi connectivity index (χ3n) is 3.00. The summed E-state index contributed by atoms with van der Waals surface area (Å²) >= 11 is 0. The van der Waals surface area contributed by atoms with Gasteiger partial charge in [0, 0.05) is 6.04 Å². The Hall–Kier alpha value is -1.09. The maximum atomic E-state index is 12.1. The number of hydrogen-bond acceptors (Lipinski definition) is 4. The number of hydrogen-bond donors (Lipinski definition) is 0. The van der Waals surface area contributed by atoms with E-state index in [4.69, 9.17) is 5.26 Å². The van der Waals surface area contributed by atoms with E-state index in [-0.39, 0.29) is 18.3 Å². The average Bonchev–Trinajstić information content (AvgIpc) is 2.24. The van der Waals surface area contributed by atoms with Crippen LogP contribution in [0.25, 0.3) is 0 Å². The summed E-state index contributed by atoms with van der Waals surface area (Å²) in [6.07, 6.45) is 1.77. The van der Waals surface area contributed by atoms with Gasteiger partial charge in [-0.05, 0) is 26.7 Å². The van der Waals surface area contributed by atoms with Crippen LogP contribution in [0.2, 0.25) is 0 Å². The molecule has 0 radical (unpaired) electrons. The number of carbonyl (C=O) groups excluding carboxylic acids is 1. The molecule has 1 saturated heterocycles. The lowest BCUT2D eigenvalue weighted by Gasteiger charge is -2.30. The van der Waals surface area contributed by atoms with Crippen molar-refractivity contribution in [2.45, 2.75) is 44.4 Å². The molecule has 6 heteroatoms. The highest BCUT2D eigenvalue weighted by molar-refractivity contribution is 7.92. The van der Waals surface area contributed by atoms with Crippen LogP contribution in [0, 0.1) is 11.3 Å². The second kappa shape index (κ2) is 5.50. The largest absolute Gasteiger partial charge is 0.326 e. The molecular weight excluding hydrogens is 240 g/mol. The first-order valence-electron chi connectivity index (χ1n) is 5.79. The first-order chi connectivity index (χ1) is 7.90. The Morgan fingerprint density at radius 3 is 2.59 bits per heavy atom. The summed E-state index contributed by atoms with van der Waals surface area (Å²) in [5, 5.41) is 7.73. The fourth-order valence-electron chi connectivity index (χ4n) is 2.01. The van der Waals surface area contributed by atoms with E-state index in [1.165, 1.54) is 4.90 Å². The predicted octanol–water partition coefficient (Wildman–Crippen LogP) is 0.714. The van der Waals surface area contributed by atoms with E-state index in [1.807, 2.05) is 6.07 Å². The standard InChI is InChI=1S/C11H18N2O3S/c1-9(2)13(7-6-12)11(14)10-5-3-4-8-17(10,15)16/h9-10H,3-5,7-8H2,1-2H3. The van der Waals surface area contributed by atoms with E-state index in [1.54, 1.807) is 13.8 Å². The molecule has 0 saturated carbocycles. The average molecular weight is 258 g/mol. The van der Waals surface area contributed by atoms with Crippen LogP contribution in [0.3, 0.4) is 0 Å². The minimum atomic E-state index is -3.32. The molecule has 96 valence electrons. The summed E-state index contributed by atoms with van der Waals surface area (Å²) < 4.78 is 23.6. The zero-order valence-corrected chi connectivity index (χ0v) is 11.0. The molecule has 5 nitrogen and oxygen atoms in total. The smallest absolute Gasteiger partial charge is 0.241 e. The fourth-order valence-corrected chi connectivity index (χ4v) is 3.87. The SMILES string of the molecule is CC(C)N(CC#N)C(=O)C1CCCCS1(=O)=O. The summed E-state index contributed by atoms with van der Waals surface area (Å²) in [7, 11) is -3.32. The highest BCUT2D eigenvalue weighted by atomic mass is 32.2. The Morgan fingerprint density at radius 2 is 2.12 bits per heavy atom.